The van der Waals surface area contributed by atoms with Gasteiger partial charge in [-0.2, -0.15) is 5.26 Å². The largest absolute Gasteiger partial charge is 0.383 e. The first-order valence-electron chi connectivity index (χ1n) is 3.17. The SMILES string of the molecule is C=C(C)/C(C#N)=C(/N)N=CC. The number of nitrogens with zero attached hydrogens (tertiary/aromatic N) is 2. The molecule has 0 atom stereocenters. The average molecular weight is 149 g/mol. The summed E-state index contributed by atoms with van der Waals surface area (Å²) in [6.45, 7) is 7.05. The van der Waals surface area contributed by atoms with E-state index in [0.29, 0.717) is 11.1 Å². The molecule has 0 heterocycles. The molecule has 0 amide bonds. The van der Waals surface area contributed by atoms with Gasteiger partial charge in [-0.15, -0.1) is 0 Å². The minimum Gasteiger partial charge on any atom is -0.383 e. The fourth-order valence-corrected chi connectivity index (χ4v) is 0.575. The van der Waals surface area contributed by atoms with Crippen LogP contribution in [0.3, 0.4) is 0 Å². The van der Waals surface area contributed by atoms with Crippen molar-refractivity contribution in [2.45, 2.75) is 13.8 Å². The van der Waals surface area contributed by atoms with Crippen molar-refractivity contribution in [2.75, 3.05) is 0 Å². The summed E-state index contributed by atoms with van der Waals surface area (Å²) in [6.07, 6.45) is 1.54. The Bertz CT molecular complexity index is 253. The van der Waals surface area contributed by atoms with Crippen molar-refractivity contribution < 1.29 is 0 Å². The minimum absolute atomic E-state index is 0.225. The molecule has 0 aliphatic heterocycles. The Balaban J connectivity index is 4.87. The Morgan fingerprint density at radius 3 is 2.55 bits per heavy atom. The first-order chi connectivity index (χ1) is 5.13. The Kier molecular flexibility index (Phi) is 3.68. The molecule has 2 N–H and O–H groups in total. The maximum absolute atomic E-state index is 8.57. The normalized spacial score (nSPS) is 12.5. The number of nitrogens with two attached hydrogens (primary N) is 1. The zero-order valence-electron chi connectivity index (χ0n) is 6.76. The molecule has 11 heavy (non-hydrogen) atoms. The summed E-state index contributed by atoms with van der Waals surface area (Å²) in [4.78, 5) is 3.77. The second-order valence-electron chi connectivity index (χ2n) is 2.04. The molecule has 0 saturated carbocycles. The first-order valence-corrected chi connectivity index (χ1v) is 3.17. The molecule has 0 bridgehead atoms. The van der Waals surface area contributed by atoms with Crippen molar-refractivity contribution in [3.8, 4) is 6.07 Å². The molecule has 0 saturated heterocycles. The monoisotopic (exact) mass is 149 g/mol. The van der Waals surface area contributed by atoms with E-state index < -0.39 is 0 Å². The lowest BCUT2D eigenvalue weighted by Gasteiger charge is -1.97. The molecular weight excluding hydrogens is 138 g/mol. The van der Waals surface area contributed by atoms with Crippen LogP contribution in [0.5, 0.6) is 0 Å². The van der Waals surface area contributed by atoms with Crippen molar-refractivity contribution >= 4 is 6.21 Å². The Morgan fingerprint density at radius 2 is 2.27 bits per heavy atom. The molecule has 58 valence electrons. The summed E-state index contributed by atoms with van der Waals surface area (Å²) in [5.41, 5.74) is 6.42. The molecule has 0 aromatic carbocycles. The smallest absolute Gasteiger partial charge is 0.141 e. The lowest BCUT2D eigenvalue weighted by molar-refractivity contribution is 1.19. The fraction of sp³-hybridized carbons (Fsp3) is 0.250. The van der Waals surface area contributed by atoms with E-state index in [2.05, 4.69) is 11.6 Å². The Labute approximate surface area is 66.5 Å². The summed E-state index contributed by atoms with van der Waals surface area (Å²) in [5, 5.41) is 8.57. The quantitative estimate of drug-likeness (QED) is 0.366. The third-order valence-electron chi connectivity index (χ3n) is 1.06. The zero-order valence-corrected chi connectivity index (χ0v) is 6.76. The molecule has 0 aromatic heterocycles. The summed E-state index contributed by atoms with van der Waals surface area (Å²) in [6, 6.07) is 1.93. The van der Waals surface area contributed by atoms with Crippen molar-refractivity contribution in [2.24, 2.45) is 10.7 Å². The molecule has 3 heteroatoms. The van der Waals surface area contributed by atoms with Crippen LogP contribution in [0, 0.1) is 11.3 Å². The number of aliphatic imine (C=N–C) groups is 1. The number of rotatable bonds is 2. The molecule has 0 aromatic rings. The minimum atomic E-state index is 0.225. The van der Waals surface area contributed by atoms with Gasteiger partial charge in [0.15, 0.2) is 0 Å². The molecular formula is C8H11N3. The van der Waals surface area contributed by atoms with Crippen LogP contribution in [0.4, 0.5) is 0 Å². The number of allylic oxidation sites excluding steroid dienone is 2. The van der Waals surface area contributed by atoms with Gasteiger partial charge < -0.3 is 5.73 Å². The van der Waals surface area contributed by atoms with Crippen molar-refractivity contribution in [3.63, 3.8) is 0 Å². The van der Waals surface area contributed by atoms with Gasteiger partial charge in [-0.1, -0.05) is 6.58 Å². The molecule has 0 fully saturated rings. The topological polar surface area (TPSA) is 62.2 Å². The van der Waals surface area contributed by atoms with Crippen LogP contribution in [0.2, 0.25) is 0 Å². The van der Waals surface area contributed by atoms with Crippen molar-refractivity contribution in [1.82, 2.24) is 0 Å². The maximum Gasteiger partial charge on any atom is 0.141 e. The van der Waals surface area contributed by atoms with Crippen LogP contribution < -0.4 is 5.73 Å². The van der Waals surface area contributed by atoms with Crippen molar-refractivity contribution in [1.29, 1.82) is 5.26 Å². The standard InChI is InChI=1S/C8H11N3/c1-4-11-8(10)7(5-9)6(2)3/h4H,2,10H2,1,3H3/b8-7-,11-4?. The van der Waals surface area contributed by atoms with Gasteiger partial charge in [-0.25, -0.2) is 4.99 Å². The van der Waals surface area contributed by atoms with Gasteiger partial charge in [0.1, 0.15) is 11.9 Å². The lowest BCUT2D eigenvalue weighted by Crippen LogP contribution is -1.99. The fourth-order valence-electron chi connectivity index (χ4n) is 0.575. The molecule has 0 radical (unpaired) electrons. The van der Waals surface area contributed by atoms with E-state index in [1.807, 2.05) is 6.07 Å². The predicted molar refractivity (Wildman–Crippen MR) is 45.8 cm³/mol. The van der Waals surface area contributed by atoms with Crippen LogP contribution in [-0.2, 0) is 0 Å². The Hall–Kier alpha value is -1.56. The number of hydrogen-bond donors (Lipinski definition) is 1. The maximum atomic E-state index is 8.57. The third kappa shape index (κ3) is 2.67. The molecule has 3 nitrogen and oxygen atoms in total. The highest BCUT2D eigenvalue weighted by atomic mass is 14.9. The second kappa shape index (κ2) is 4.29. The van der Waals surface area contributed by atoms with Crippen LogP contribution in [0.25, 0.3) is 0 Å². The average Bonchev–Trinajstić information content (AvgIpc) is 1.88. The van der Waals surface area contributed by atoms with Gasteiger partial charge in [0.2, 0.25) is 0 Å². The van der Waals surface area contributed by atoms with Gasteiger partial charge in [0.05, 0.1) is 5.57 Å². The van der Waals surface area contributed by atoms with Crippen LogP contribution in [-0.4, -0.2) is 6.21 Å². The van der Waals surface area contributed by atoms with E-state index in [1.165, 1.54) is 6.21 Å². The van der Waals surface area contributed by atoms with Crippen LogP contribution in [0.1, 0.15) is 13.8 Å². The highest BCUT2D eigenvalue weighted by molar-refractivity contribution is 5.56. The van der Waals surface area contributed by atoms with Gasteiger partial charge in [-0.3, -0.25) is 0 Å². The molecule has 0 spiro atoms. The second-order valence-corrected chi connectivity index (χ2v) is 2.04. The molecule has 0 rings (SSSR count). The molecule has 0 aliphatic carbocycles. The van der Waals surface area contributed by atoms with Crippen LogP contribution >= 0.6 is 0 Å². The van der Waals surface area contributed by atoms with E-state index in [9.17, 15) is 0 Å². The summed E-state index contributed by atoms with van der Waals surface area (Å²) >= 11 is 0. The summed E-state index contributed by atoms with van der Waals surface area (Å²) < 4.78 is 0. The van der Waals surface area contributed by atoms with Crippen LogP contribution in [0.15, 0.2) is 28.5 Å². The highest BCUT2D eigenvalue weighted by Crippen LogP contribution is 2.08. The van der Waals surface area contributed by atoms with E-state index in [4.69, 9.17) is 11.0 Å². The number of hydrogen-bond acceptors (Lipinski definition) is 3. The van der Waals surface area contributed by atoms with Gasteiger partial charge in [0, 0.05) is 6.21 Å². The van der Waals surface area contributed by atoms with E-state index in [-0.39, 0.29) is 5.82 Å². The van der Waals surface area contributed by atoms with Gasteiger partial charge in [-0.05, 0) is 19.4 Å². The lowest BCUT2D eigenvalue weighted by atomic mass is 10.1. The summed E-state index contributed by atoms with van der Waals surface area (Å²) in [7, 11) is 0. The van der Waals surface area contributed by atoms with Gasteiger partial charge >= 0.3 is 0 Å². The molecule has 0 aliphatic rings. The third-order valence-corrected chi connectivity index (χ3v) is 1.06. The number of nitriles is 1. The summed E-state index contributed by atoms with van der Waals surface area (Å²) in [5.74, 6) is 0.225. The molecule has 0 unspecified atom stereocenters. The van der Waals surface area contributed by atoms with Crippen molar-refractivity contribution in [3.05, 3.63) is 23.5 Å². The van der Waals surface area contributed by atoms with E-state index >= 15 is 0 Å². The van der Waals surface area contributed by atoms with Gasteiger partial charge in [0.25, 0.3) is 0 Å². The predicted octanol–water partition coefficient (Wildman–Crippen LogP) is 1.35. The van der Waals surface area contributed by atoms with E-state index in [0.717, 1.165) is 0 Å². The zero-order chi connectivity index (χ0) is 8.85. The van der Waals surface area contributed by atoms with E-state index in [1.54, 1.807) is 13.8 Å². The highest BCUT2D eigenvalue weighted by Gasteiger charge is 2.00. The Morgan fingerprint density at radius 1 is 1.73 bits per heavy atom. The first kappa shape index (κ1) is 9.44.